The van der Waals surface area contributed by atoms with E-state index in [-0.39, 0.29) is 0 Å². The summed E-state index contributed by atoms with van der Waals surface area (Å²) in [6.07, 6.45) is 0. The third-order valence-corrected chi connectivity index (χ3v) is 3.92. The average Bonchev–Trinajstić information content (AvgIpc) is 2.91. The largest absolute Gasteiger partial charge is 0.497 e. The highest BCUT2D eigenvalue weighted by molar-refractivity contribution is 7.80. The molecule has 5 heteroatoms. The number of ether oxygens (including phenoxy) is 1. The molecule has 0 fully saturated rings. The maximum absolute atomic E-state index is 5.39. The number of methoxy groups -OCH3 is 1. The molecule has 0 aliphatic heterocycles. The SMILES string of the molecule is COc1cccc(NC(=S)N(C)Cc2cccs2)c1. The average molecular weight is 292 g/mol. The third kappa shape index (κ3) is 3.94. The van der Waals surface area contributed by atoms with Gasteiger partial charge in [-0.2, -0.15) is 0 Å². The van der Waals surface area contributed by atoms with Gasteiger partial charge in [-0.25, -0.2) is 0 Å². The van der Waals surface area contributed by atoms with Crippen LogP contribution >= 0.6 is 23.6 Å². The molecule has 1 N–H and O–H groups in total. The molecule has 0 saturated heterocycles. The van der Waals surface area contributed by atoms with Gasteiger partial charge in [-0.3, -0.25) is 0 Å². The van der Waals surface area contributed by atoms with Crippen LogP contribution in [0.5, 0.6) is 5.75 Å². The Labute approximate surface area is 122 Å². The number of nitrogens with one attached hydrogen (secondary N) is 1. The number of nitrogens with zero attached hydrogens (tertiary/aromatic N) is 1. The van der Waals surface area contributed by atoms with Crippen LogP contribution in [-0.4, -0.2) is 24.2 Å². The fourth-order valence-corrected chi connectivity index (χ4v) is 2.57. The van der Waals surface area contributed by atoms with E-state index in [0.717, 1.165) is 18.0 Å². The van der Waals surface area contributed by atoms with Gasteiger partial charge in [0.2, 0.25) is 0 Å². The molecule has 19 heavy (non-hydrogen) atoms. The minimum Gasteiger partial charge on any atom is -0.497 e. The third-order valence-electron chi connectivity index (χ3n) is 2.64. The summed E-state index contributed by atoms with van der Waals surface area (Å²) in [4.78, 5) is 3.30. The minimum atomic E-state index is 0.696. The zero-order chi connectivity index (χ0) is 13.7. The fourth-order valence-electron chi connectivity index (χ4n) is 1.63. The van der Waals surface area contributed by atoms with Gasteiger partial charge in [0.25, 0.3) is 0 Å². The van der Waals surface area contributed by atoms with E-state index in [0.29, 0.717) is 5.11 Å². The van der Waals surface area contributed by atoms with Gasteiger partial charge in [0.1, 0.15) is 5.75 Å². The van der Waals surface area contributed by atoms with Gasteiger partial charge in [0.05, 0.1) is 13.7 Å². The van der Waals surface area contributed by atoms with Crippen LogP contribution < -0.4 is 10.1 Å². The zero-order valence-electron chi connectivity index (χ0n) is 10.9. The summed E-state index contributed by atoms with van der Waals surface area (Å²) in [7, 11) is 3.63. The Morgan fingerprint density at radius 1 is 1.37 bits per heavy atom. The quantitative estimate of drug-likeness (QED) is 0.871. The van der Waals surface area contributed by atoms with E-state index in [1.54, 1.807) is 18.4 Å². The lowest BCUT2D eigenvalue weighted by atomic mass is 10.3. The van der Waals surface area contributed by atoms with Crippen molar-refractivity contribution < 1.29 is 4.74 Å². The van der Waals surface area contributed by atoms with Crippen LogP contribution in [-0.2, 0) is 6.54 Å². The highest BCUT2D eigenvalue weighted by Gasteiger charge is 2.06. The van der Waals surface area contributed by atoms with Gasteiger partial charge in [-0.1, -0.05) is 12.1 Å². The topological polar surface area (TPSA) is 24.5 Å². The van der Waals surface area contributed by atoms with Crippen molar-refractivity contribution in [3.05, 3.63) is 46.7 Å². The maximum atomic E-state index is 5.39. The van der Waals surface area contributed by atoms with E-state index in [1.807, 2.05) is 42.3 Å². The van der Waals surface area contributed by atoms with Gasteiger partial charge in [0, 0.05) is 23.7 Å². The van der Waals surface area contributed by atoms with Crippen LogP contribution in [0, 0.1) is 0 Å². The van der Waals surface area contributed by atoms with Crippen LogP contribution in [0.3, 0.4) is 0 Å². The first-order chi connectivity index (χ1) is 9.19. The van der Waals surface area contributed by atoms with E-state index in [2.05, 4.69) is 16.8 Å². The predicted octanol–water partition coefficient (Wildman–Crippen LogP) is 3.59. The maximum Gasteiger partial charge on any atom is 0.173 e. The molecule has 3 nitrogen and oxygen atoms in total. The Hall–Kier alpha value is -1.59. The Morgan fingerprint density at radius 2 is 2.21 bits per heavy atom. The summed E-state index contributed by atoms with van der Waals surface area (Å²) >= 11 is 7.12. The summed E-state index contributed by atoms with van der Waals surface area (Å²) in [5.41, 5.74) is 0.933. The second-order valence-corrected chi connectivity index (χ2v) is 5.52. The molecule has 0 spiro atoms. The van der Waals surface area contributed by atoms with Crippen molar-refractivity contribution in [3.8, 4) is 5.75 Å². The molecule has 0 amide bonds. The summed E-state index contributed by atoms with van der Waals surface area (Å²) in [5, 5.41) is 5.98. The van der Waals surface area contributed by atoms with E-state index >= 15 is 0 Å². The summed E-state index contributed by atoms with van der Waals surface area (Å²) in [6.45, 7) is 0.813. The fraction of sp³-hybridized carbons (Fsp3) is 0.214. The number of thiophene rings is 1. The van der Waals surface area contributed by atoms with Crippen molar-refractivity contribution in [2.75, 3.05) is 19.5 Å². The number of hydrogen-bond acceptors (Lipinski definition) is 3. The van der Waals surface area contributed by atoms with Crippen molar-refractivity contribution in [1.29, 1.82) is 0 Å². The first-order valence-corrected chi connectivity index (χ1v) is 7.16. The van der Waals surface area contributed by atoms with Crippen LogP contribution in [0.15, 0.2) is 41.8 Å². The first kappa shape index (κ1) is 13.8. The summed E-state index contributed by atoms with van der Waals surface area (Å²) in [5.74, 6) is 0.814. The number of hydrogen-bond donors (Lipinski definition) is 1. The lowest BCUT2D eigenvalue weighted by Crippen LogP contribution is -2.30. The normalized spacial score (nSPS) is 10.0. The highest BCUT2D eigenvalue weighted by atomic mass is 32.1. The standard InChI is InChI=1S/C14H16N2OS2/c1-16(10-13-7-4-8-19-13)14(18)15-11-5-3-6-12(9-11)17-2/h3-9H,10H2,1-2H3,(H,15,18). The number of rotatable bonds is 4. The number of thiocarbonyl (C=S) groups is 1. The molecule has 0 unspecified atom stereocenters. The van der Waals surface area contributed by atoms with Gasteiger partial charge < -0.3 is 15.0 Å². The summed E-state index contributed by atoms with van der Waals surface area (Å²) < 4.78 is 5.19. The van der Waals surface area contributed by atoms with Gasteiger partial charge >= 0.3 is 0 Å². The van der Waals surface area contributed by atoms with E-state index in [9.17, 15) is 0 Å². The lowest BCUT2D eigenvalue weighted by molar-refractivity contribution is 0.415. The zero-order valence-corrected chi connectivity index (χ0v) is 12.6. The van der Waals surface area contributed by atoms with E-state index < -0.39 is 0 Å². The molecule has 0 atom stereocenters. The Kier molecular flexibility index (Phi) is 4.76. The molecule has 0 aliphatic carbocycles. The number of anilines is 1. The van der Waals surface area contributed by atoms with Crippen molar-refractivity contribution in [2.45, 2.75) is 6.54 Å². The molecule has 0 radical (unpaired) electrons. The van der Waals surface area contributed by atoms with Crippen molar-refractivity contribution in [3.63, 3.8) is 0 Å². The van der Waals surface area contributed by atoms with Crippen LogP contribution in [0.1, 0.15) is 4.88 Å². The predicted molar refractivity (Wildman–Crippen MR) is 85.0 cm³/mol. The van der Waals surface area contributed by atoms with Gasteiger partial charge in [-0.05, 0) is 35.8 Å². The second-order valence-electron chi connectivity index (χ2n) is 4.10. The van der Waals surface area contributed by atoms with Crippen molar-refractivity contribution >= 4 is 34.4 Å². The molecule has 0 aliphatic rings. The smallest absolute Gasteiger partial charge is 0.173 e. The summed E-state index contributed by atoms with van der Waals surface area (Å²) in [6, 6.07) is 11.9. The van der Waals surface area contributed by atoms with Crippen LogP contribution in [0.4, 0.5) is 5.69 Å². The highest BCUT2D eigenvalue weighted by Crippen LogP contribution is 2.17. The van der Waals surface area contributed by atoms with Crippen LogP contribution in [0.25, 0.3) is 0 Å². The molecule has 100 valence electrons. The van der Waals surface area contributed by atoms with E-state index in [4.69, 9.17) is 17.0 Å². The van der Waals surface area contributed by atoms with Gasteiger partial charge in [-0.15, -0.1) is 11.3 Å². The molecule has 2 rings (SSSR count). The Morgan fingerprint density at radius 3 is 2.89 bits per heavy atom. The molecular weight excluding hydrogens is 276 g/mol. The molecule has 0 saturated carbocycles. The molecule has 1 aromatic heterocycles. The Bertz CT molecular complexity index is 540. The van der Waals surface area contributed by atoms with Gasteiger partial charge in [0.15, 0.2) is 5.11 Å². The monoisotopic (exact) mass is 292 g/mol. The molecule has 1 aromatic carbocycles. The minimum absolute atomic E-state index is 0.696. The Balaban J connectivity index is 1.96. The number of benzene rings is 1. The first-order valence-electron chi connectivity index (χ1n) is 5.87. The van der Waals surface area contributed by atoms with Crippen molar-refractivity contribution in [2.24, 2.45) is 0 Å². The molecule has 2 aromatic rings. The van der Waals surface area contributed by atoms with E-state index in [1.165, 1.54) is 4.88 Å². The second kappa shape index (κ2) is 6.54. The molecule has 1 heterocycles. The lowest BCUT2D eigenvalue weighted by Gasteiger charge is -2.20. The van der Waals surface area contributed by atoms with Crippen LogP contribution in [0.2, 0.25) is 0 Å². The van der Waals surface area contributed by atoms with Crippen molar-refractivity contribution in [1.82, 2.24) is 4.90 Å². The molecule has 0 bridgehead atoms. The molecular formula is C14H16N2OS2.